The second-order valence-electron chi connectivity index (χ2n) is 5.67. The summed E-state index contributed by atoms with van der Waals surface area (Å²) < 4.78 is 0. The van der Waals surface area contributed by atoms with Crippen molar-refractivity contribution >= 4 is 5.78 Å². The van der Waals surface area contributed by atoms with Gasteiger partial charge in [-0.2, -0.15) is 0 Å². The number of hydrogen-bond acceptors (Lipinski definition) is 1. The predicted octanol–water partition coefficient (Wildman–Crippen LogP) is 4.65. The van der Waals surface area contributed by atoms with Gasteiger partial charge in [-0.1, -0.05) is 30.3 Å². The molecule has 0 radical (unpaired) electrons. The lowest BCUT2D eigenvalue weighted by Crippen LogP contribution is -2.10. The lowest BCUT2D eigenvalue weighted by Gasteiger charge is -2.14. The second kappa shape index (κ2) is 5.62. The summed E-state index contributed by atoms with van der Waals surface area (Å²) >= 11 is 0. The molecule has 104 valence electrons. The van der Waals surface area contributed by atoms with Crippen LogP contribution in [0.1, 0.15) is 43.7 Å². The van der Waals surface area contributed by atoms with E-state index in [-0.39, 0.29) is 5.78 Å². The molecular weight excluding hydrogens is 244 g/mol. The first-order chi connectivity index (χ1) is 9.41. The standard InChI is InChI=1S/C19H22O/c1-12-9-10-13(2)17(16(12)5)11-18(20)19-14(3)7-6-8-15(19)4/h6-10H,11H2,1-5H3. The van der Waals surface area contributed by atoms with E-state index in [2.05, 4.69) is 32.9 Å². The minimum absolute atomic E-state index is 0.220. The number of Topliss-reactive ketones (excluding diaryl/α,β-unsaturated/α-hetero) is 1. The van der Waals surface area contributed by atoms with E-state index in [1.165, 1.54) is 22.3 Å². The van der Waals surface area contributed by atoms with E-state index in [1.54, 1.807) is 0 Å². The normalized spacial score (nSPS) is 10.7. The third-order valence-electron chi connectivity index (χ3n) is 4.20. The molecule has 0 aliphatic carbocycles. The Kier molecular flexibility index (Phi) is 4.08. The maximum Gasteiger partial charge on any atom is 0.167 e. The minimum atomic E-state index is 0.220. The van der Waals surface area contributed by atoms with E-state index in [0.29, 0.717) is 6.42 Å². The molecule has 0 unspecified atom stereocenters. The van der Waals surface area contributed by atoms with Crippen molar-refractivity contribution in [3.63, 3.8) is 0 Å². The van der Waals surface area contributed by atoms with Crippen LogP contribution >= 0.6 is 0 Å². The van der Waals surface area contributed by atoms with Crippen molar-refractivity contribution < 1.29 is 4.79 Å². The third kappa shape index (κ3) is 2.67. The van der Waals surface area contributed by atoms with Crippen molar-refractivity contribution in [3.8, 4) is 0 Å². The summed E-state index contributed by atoms with van der Waals surface area (Å²) in [5, 5.41) is 0. The van der Waals surface area contributed by atoms with Crippen molar-refractivity contribution in [1.82, 2.24) is 0 Å². The van der Waals surface area contributed by atoms with E-state index < -0.39 is 0 Å². The average molecular weight is 266 g/mol. The Morgan fingerprint density at radius 1 is 0.800 bits per heavy atom. The van der Waals surface area contributed by atoms with Gasteiger partial charge in [-0.15, -0.1) is 0 Å². The van der Waals surface area contributed by atoms with Crippen LogP contribution in [0, 0.1) is 34.6 Å². The molecular formula is C19H22O. The number of benzene rings is 2. The lowest BCUT2D eigenvalue weighted by atomic mass is 9.90. The van der Waals surface area contributed by atoms with Gasteiger partial charge in [-0.05, 0) is 68.0 Å². The molecule has 0 aliphatic heterocycles. The van der Waals surface area contributed by atoms with Crippen molar-refractivity contribution in [2.24, 2.45) is 0 Å². The van der Waals surface area contributed by atoms with Crippen LogP contribution in [0.5, 0.6) is 0 Å². The van der Waals surface area contributed by atoms with Crippen LogP contribution in [0.2, 0.25) is 0 Å². The first-order valence-electron chi connectivity index (χ1n) is 7.07. The smallest absolute Gasteiger partial charge is 0.167 e. The van der Waals surface area contributed by atoms with Crippen LogP contribution in [-0.4, -0.2) is 5.78 Å². The van der Waals surface area contributed by atoms with Crippen molar-refractivity contribution in [3.05, 3.63) is 69.3 Å². The Morgan fingerprint density at radius 2 is 1.35 bits per heavy atom. The summed E-state index contributed by atoms with van der Waals surface area (Å²) in [4.78, 5) is 12.7. The molecule has 0 bridgehead atoms. The van der Waals surface area contributed by atoms with Gasteiger partial charge < -0.3 is 0 Å². The first-order valence-corrected chi connectivity index (χ1v) is 7.07. The highest BCUT2D eigenvalue weighted by Gasteiger charge is 2.15. The van der Waals surface area contributed by atoms with Crippen molar-refractivity contribution in [1.29, 1.82) is 0 Å². The summed E-state index contributed by atoms with van der Waals surface area (Å²) in [5.74, 6) is 0.220. The summed E-state index contributed by atoms with van der Waals surface area (Å²) in [7, 11) is 0. The fraction of sp³-hybridized carbons (Fsp3) is 0.316. The summed E-state index contributed by atoms with van der Waals surface area (Å²) in [6, 6.07) is 10.3. The van der Waals surface area contributed by atoms with E-state index in [9.17, 15) is 4.79 Å². The SMILES string of the molecule is Cc1ccc(C)c(CC(=O)c2c(C)cccc2C)c1C. The van der Waals surface area contributed by atoms with Crippen LogP contribution in [0.4, 0.5) is 0 Å². The molecule has 0 aliphatic rings. The van der Waals surface area contributed by atoms with Crippen molar-refractivity contribution in [2.45, 2.75) is 41.0 Å². The molecule has 2 rings (SSSR count). The van der Waals surface area contributed by atoms with Gasteiger partial charge in [0.15, 0.2) is 5.78 Å². The van der Waals surface area contributed by atoms with Crippen LogP contribution < -0.4 is 0 Å². The number of carbonyl (C=O) groups excluding carboxylic acids is 1. The van der Waals surface area contributed by atoms with Gasteiger partial charge >= 0.3 is 0 Å². The quantitative estimate of drug-likeness (QED) is 0.739. The van der Waals surface area contributed by atoms with Gasteiger partial charge in [-0.25, -0.2) is 0 Å². The Labute approximate surface area is 121 Å². The molecule has 0 spiro atoms. The molecule has 20 heavy (non-hydrogen) atoms. The molecule has 0 fully saturated rings. The average Bonchev–Trinajstić information content (AvgIpc) is 2.39. The Morgan fingerprint density at radius 3 is 1.95 bits per heavy atom. The van der Waals surface area contributed by atoms with Gasteiger partial charge in [0.05, 0.1) is 0 Å². The summed E-state index contributed by atoms with van der Waals surface area (Å²) in [5.41, 5.74) is 7.89. The third-order valence-corrected chi connectivity index (χ3v) is 4.20. The second-order valence-corrected chi connectivity index (χ2v) is 5.67. The van der Waals surface area contributed by atoms with Gasteiger partial charge in [-0.3, -0.25) is 4.79 Å². The Bertz CT molecular complexity index is 645. The maximum atomic E-state index is 12.7. The Balaban J connectivity index is 2.41. The molecule has 0 saturated heterocycles. The van der Waals surface area contributed by atoms with E-state index in [0.717, 1.165) is 16.7 Å². The molecule has 0 aromatic heterocycles. The maximum absolute atomic E-state index is 12.7. The van der Waals surface area contributed by atoms with E-state index in [4.69, 9.17) is 0 Å². The van der Waals surface area contributed by atoms with E-state index >= 15 is 0 Å². The Hall–Kier alpha value is -1.89. The number of rotatable bonds is 3. The highest BCUT2D eigenvalue weighted by atomic mass is 16.1. The largest absolute Gasteiger partial charge is 0.294 e. The number of aryl methyl sites for hydroxylation is 4. The first kappa shape index (κ1) is 14.5. The van der Waals surface area contributed by atoms with Gasteiger partial charge in [0.2, 0.25) is 0 Å². The topological polar surface area (TPSA) is 17.1 Å². The van der Waals surface area contributed by atoms with Gasteiger partial charge in [0.1, 0.15) is 0 Å². The zero-order valence-corrected chi connectivity index (χ0v) is 13.0. The highest BCUT2D eigenvalue weighted by molar-refractivity contribution is 6.00. The fourth-order valence-electron chi connectivity index (χ4n) is 2.78. The molecule has 2 aromatic rings. The molecule has 0 saturated carbocycles. The predicted molar refractivity (Wildman–Crippen MR) is 84.6 cm³/mol. The van der Waals surface area contributed by atoms with Crippen LogP contribution in [-0.2, 0) is 6.42 Å². The van der Waals surface area contributed by atoms with Gasteiger partial charge in [0, 0.05) is 12.0 Å². The summed E-state index contributed by atoms with van der Waals surface area (Å²) in [6.45, 7) is 10.3. The number of ketones is 1. The molecule has 0 atom stereocenters. The van der Waals surface area contributed by atoms with Gasteiger partial charge in [0.25, 0.3) is 0 Å². The molecule has 2 aromatic carbocycles. The molecule has 0 N–H and O–H groups in total. The number of carbonyl (C=O) groups is 1. The van der Waals surface area contributed by atoms with Crippen LogP contribution in [0.15, 0.2) is 30.3 Å². The summed E-state index contributed by atoms with van der Waals surface area (Å²) in [6.07, 6.45) is 0.491. The lowest BCUT2D eigenvalue weighted by molar-refractivity contribution is 0.0991. The van der Waals surface area contributed by atoms with Crippen molar-refractivity contribution in [2.75, 3.05) is 0 Å². The van der Waals surface area contributed by atoms with Crippen LogP contribution in [0.25, 0.3) is 0 Å². The van der Waals surface area contributed by atoms with Crippen LogP contribution in [0.3, 0.4) is 0 Å². The van der Waals surface area contributed by atoms with E-state index in [1.807, 2.05) is 32.0 Å². The molecule has 0 amide bonds. The molecule has 1 nitrogen and oxygen atoms in total. The fourth-order valence-corrected chi connectivity index (χ4v) is 2.78. The zero-order chi connectivity index (χ0) is 14.9. The highest BCUT2D eigenvalue weighted by Crippen LogP contribution is 2.22. The minimum Gasteiger partial charge on any atom is -0.294 e. The monoisotopic (exact) mass is 266 g/mol. The molecule has 0 heterocycles. The molecule has 1 heteroatoms. The zero-order valence-electron chi connectivity index (χ0n) is 13.0. The number of hydrogen-bond donors (Lipinski definition) is 0.